The van der Waals surface area contributed by atoms with Gasteiger partial charge in [0.05, 0.1) is 5.02 Å². The van der Waals surface area contributed by atoms with Crippen molar-refractivity contribution in [1.29, 1.82) is 0 Å². The highest BCUT2D eigenvalue weighted by Crippen LogP contribution is 2.29. The molecular weight excluding hydrogens is 416 g/mol. The van der Waals surface area contributed by atoms with Crippen molar-refractivity contribution in [1.82, 2.24) is 9.78 Å². The van der Waals surface area contributed by atoms with Crippen LogP contribution in [0.2, 0.25) is 5.02 Å². The zero-order valence-electron chi connectivity index (χ0n) is 16.3. The lowest BCUT2D eigenvalue weighted by molar-refractivity contribution is -0.0497. The Morgan fingerprint density at radius 3 is 2.53 bits per heavy atom. The fourth-order valence-electron chi connectivity index (χ4n) is 2.61. The van der Waals surface area contributed by atoms with Crippen LogP contribution in [0.1, 0.15) is 35.8 Å². The molecule has 1 heterocycles. The van der Waals surface area contributed by atoms with E-state index in [4.69, 9.17) is 16.3 Å². The van der Waals surface area contributed by atoms with Crippen molar-refractivity contribution in [3.63, 3.8) is 0 Å². The van der Waals surface area contributed by atoms with Crippen LogP contribution < -0.4 is 14.8 Å². The Kier molecular flexibility index (Phi) is 6.89. The molecule has 6 nitrogen and oxygen atoms in total. The average molecular weight is 436 g/mol. The molecule has 0 fully saturated rings. The van der Waals surface area contributed by atoms with Gasteiger partial charge in [0, 0.05) is 11.9 Å². The van der Waals surface area contributed by atoms with Crippen LogP contribution >= 0.6 is 11.6 Å². The number of nitrogens with one attached hydrogen (secondary N) is 1. The van der Waals surface area contributed by atoms with E-state index in [1.54, 1.807) is 6.20 Å². The number of halogens is 3. The van der Waals surface area contributed by atoms with Gasteiger partial charge in [-0.1, -0.05) is 37.6 Å². The molecular formula is C21H20ClF2N3O3. The fraction of sp³-hybridized carbons (Fsp3) is 0.238. The maximum absolute atomic E-state index is 12.4. The third kappa shape index (κ3) is 5.70. The fourth-order valence-corrected chi connectivity index (χ4v) is 2.83. The normalized spacial score (nSPS) is 11.0. The van der Waals surface area contributed by atoms with Crippen molar-refractivity contribution in [2.75, 3.05) is 5.32 Å². The Balaban J connectivity index is 1.57. The summed E-state index contributed by atoms with van der Waals surface area (Å²) in [6, 6.07) is 13.3. The number of hydrogen-bond donors (Lipinski definition) is 1. The van der Waals surface area contributed by atoms with E-state index in [1.807, 2.05) is 24.3 Å². The maximum atomic E-state index is 12.4. The van der Waals surface area contributed by atoms with E-state index >= 15 is 0 Å². The minimum atomic E-state index is -2.98. The summed E-state index contributed by atoms with van der Waals surface area (Å²) in [5, 5.41) is 6.72. The zero-order valence-corrected chi connectivity index (χ0v) is 17.1. The first-order chi connectivity index (χ1) is 14.3. The molecule has 3 aromatic rings. The topological polar surface area (TPSA) is 65.4 Å². The molecule has 9 heteroatoms. The molecule has 0 aliphatic rings. The van der Waals surface area contributed by atoms with E-state index in [0.717, 1.165) is 0 Å². The lowest BCUT2D eigenvalue weighted by atomic mass is 10.0. The first-order valence-electron chi connectivity index (χ1n) is 9.13. The Bertz CT molecular complexity index is 1010. The SMILES string of the molecule is CC(C)c1ccc(OCn2ccc(C(=O)Nc3ccc(OC(F)F)c(Cl)c3)n2)cc1. The Labute approximate surface area is 177 Å². The minimum Gasteiger partial charge on any atom is -0.471 e. The number of hydrogen-bond acceptors (Lipinski definition) is 4. The molecule has 158 valence electrons. The first kappa shape index (κ1) is 21.6. The molecule has 2 aromatic carbocycles. The summed E-state index contributed by atoms with van der Waals surface area (Å²) in [5.41, 5.74) is 1.70. The van der Waals surface area contributed by atoms with Gasteiger partial charge in [0.1, 0.15) is 11.5 Å². The lowest BCUT2D eigenvalue weighted by Crippen LogP contribution is -2.14. The van der Waals surface area contributed by atoms with E-state index < -0.39 is 12.5 Å². The summed E-state index contributed by atoms with van der Waals surface area (Å²) in [5.74, 6) is 0.483. The number of alkyl halides is 2. The molecule has 1 N–H and O–H groups in total. The third-order valence-corrected chi connectivity index (χ3v) is 4.48. The number of anilines is 1. The van der Waals surface area contributed by atoms with Crippen LogP contribution in [0.4, 0.5) is 14.5 Å². The highest BCUT2D eigenvalue weighted by atomic mass is 35.5. The van der Waals surface area contributed by atoms with Crippen molar-refractivity contribution in [2.24, 2.45) is 0 Å². The van der Waals surface area contributed by atoms with Crippen molar-refractivity contribution >= 4 is 23.2 Å². The van der Waals surface area contributed by atoms with Gasteiger partial charge in [0.25, 0.3) is 5.91 Å². The van der Waals surface area contributed by atoms with E-state index in [1.165, 1.54) is 34.5 Å². The molecule has 0 saturated carbocycles. The summed E-state index contributed by atoms with van der Waals surface area (Å²) in [6.45, 7) is 1.39. The third-order valence-electron chi connectivity index (χ3n) is 4.19. The predicted octanol–water partition coefficient (Wildman–Crippen LogP) is 5.55. The smallest absolute Gasteiger partial charge is 0.387 e. The van der Waals surface area contributed by atoms with Crippen LogP contribution in [0.25, 0.3) is 0 Å². The second-order valence-electron chi connectivity index (χ2n) is 6.72. The molecule has 0 aliphatic heterocycles. The number of amides is 1. The molecule has 0 spiro atoms. The van der Waals surface area contributed by atoms with Crippen LogP contribution in [-0.2, 0) is 6.73 Å². The van der Waals surface area contributed by atoms with E-state index in [2.05, 4.69) is 29.0 Å². The van der Waals surface area contributed by atoms with E-state index in [-0.39, 0.29) is 23.2 Å². The van der Waals surface area contributed by atoms with Gasteiger partial charge in [-0.15, -0.1) is 0 Å². The summed E-state index contributed by atoms with van der Waals surface area (Å²) < 4.78 is 36.0. The number of benzene rings is 2. The largest absolute Gasteiger partial charge is 0.471 e. The Morgan fingerprint density at radius 2 is 1.90 bits per heavy atom. The van der Waals surface area contributed by atoms with Gasteiger partial charge >= 0.3 is 6.61 Å². The highest BCUT2D eigenvalue weighted by Gasteiger charge is 2.13. The standard InChI is InChI=1S/C21H20ClF2N3O3/c1-13(2)14-3-6-16(7-4-14)29-12-27-10-9-18(26-27)20(28)25-15-5-8-19(17(22)11-15)30-21(23)24/h3-11,13,21H,12H2,1-2H3,(H,25,28). The number of carbonyl (C=O) groups excluding carboxylic acids is 1. The highest BCUT2D eigenvalue weighted by molar-refractivity contribution is 6.32. The second-order valence-corrected chi connectivity index (χ2v) is 7.12. The van der Waals surface area contributed by atoms with Gasteiger partial charge in [-0.25, -0.2) is 4.68 Å². The Morgan fingerprint density at radius 1 is 1.17 bits per heavy atom. The summed E-state index contributed by atoms with van der Waals surface area (Å²) in [4.78, 5) is 12.4. The molecule has 0 bridgehead atoms. The van der Waals surface area contributed by atoms with Gasteiger partial charge in [0.15, 0.2) is 12.4 Å². The molecule has 0 saturated heterocycles. The number of aromatic nitrogens is 2. The maximum Gasteiger partial charge on any atom is 0.387 e. The molecule has 3 rings (SSSR count). The second kappa shape index (κ2) is 9.58. The monoisotopic (exact) mass is 435 g/mol. The van der Waals surface area contributed by atoms with Crippen molar-refractivity contribution in [3.05, 3.63) is 71.0 Å². The molecule has 0 atom stereocenters. The van der Waals surface area contributed by atoms with Crippen molar-refractivity contribution in [3.8, 4) is 11.5 Å². The quantitative estimate of drug-likeness (QED) is 0.503. The predicted molar refractivity (Wildman–Crippen MR) is 109 cm³/mol. The number of rotatable bonds is 8. The Hall–Kier alpha value is -3.13. The number of nitrogens with zero attached hydrogens (tertiary/aromatic N) is 2. The molecule has 0 aliphatic carbocycles. The van der Waals surface area contributed by atoms with Crippen LogP contribution in [0.3, 0.4) is 0 Å². The van der Waals surface area contributed by atoms with Crippen molar-refractivity contribution in [2.45, 2.75) is 33.1 Å². The van der Waals surface area contributed by atoms with E-state index in [0.29, 0.717) is 17.4 Å². The van der Waals surface area contributed by atoms with Gasteiger partial charge in [-0.3, -0.25) is 4.79 Å². The number of ether oxygens (including phenoxy) is 2. The van der Waals surface area contributed by atoms with Gasteiger partial charge in [-0.05, 0) is 47.9 Å². The molecule has 0 unspecified atom stereocenters. The molecule has 30 heavy (non-hydrogen) atoms. The van der Waals surface area contributed by atoms with Gasteiger partial charge in [-0.2, -0.15) is 13.9 Å². The van der Waals surface area contributed by atoms with Crippen LogP contribution in [0.15, 0.2) is 54.7 Å². The van der Waals surface area contributed by atoms with Crippen LogP contribution in [-0.4, -0.2) is 22.3 Å². The van der Waals surface area contributed by atoms with Crippen LogP contribution in [0, 0.1) is 0 Å². The summed E-state index contributed by atoms with van der Waals surface area (Å²) in [6.07, 6.45) is 1.62. The van der Waals surface area contributed by atoms with Gasteiger partial charge in [0.2, 0.25) is 0 Å². The molecule has 1 amide bonds. The summed E-state index contributed by atoms with van der Waals surface area (Å²) >= 11 is 5.89. The minimum absolute atomic E-state index is 0.0458. The van der Waals surface area contributed by atoms with Crippen LogP contribution in [0.5, 0.6) is 11.5 Å². The van der Waals surface area contributed by atoms with Gasteiger partial charge < -0.3 is 14.8 Å². The summed E-state index contributed by atoms with van der Waals surface area (Å²) in [7, 11) is 0. The zero-order chi connectivity index (χ0) is 21.7. The van der Waals surface area contributed by atoms with E-state index in [9.17, 15) is 13.6 Å². The van der Waals surface area contributed by atoms with Crippen molar-refractivity contribution < 1.29 is 23.0 Å². The first-order valence-corrected chi connectivity index (χ1v) is 9.51. The molecule has 1 aromatic heterocycles. The molecule has 0 radical (unpaired) electrons. The number of carbonyl (C=O) groups is 1. The lowest BCUT2D eigenvalue weighted by Gasteiger charge is -2.09. The average Bonchev–Trinajstić information content (AvgIpc) is 3.18.